The Morgan fingerprint density at radius 3 is 2.88 bits per heavy atom. The summed E-state index contributed by atoms with van der Waals surface area (Å²) in [4.78, 5) is 29.4. The SMILES string of the molecule is C#CCC1=C(C)C(OC(=O)C2C(/C=N/OCC=C)C2(C)C)CC1=O. The highest BCUT2D eigenvalue weighted by atomic mass is 16.6. The van der Waals surface area contributed by atoms with Crippen LogP contribution < -0.4 is 0 Å². The first-order valence-electron chi connectivity index (χ1n) is 7.97. The maximum Gasteiger partial charge on any atom is 0.310 e. The topological polar surface area (TPSA) is 65.0 Å². The Kier molecular flexibility index (Phi) is 5.28. The zero-order valence-electron chi connectivity index (χ0n) is 14.4. The number of hydrogen-bond donors (Lipinski definition) is 0. The molecule has 24 heavy (non-hydrogen) atoms. The summed E-state index contributed by atoms with van der Waals surface area (Å²) in [5.74, 6) is 1.81. The van der Waals surface area contributed by atoms with Crippen LogP contribution in [0.2, 0.25) is 0 Å². The standard InChI is InChI=1S/C19H23NO4/c1-6-8-13-12(3)16(10-15(13)21)24-18(22)17-14(19(17,4)5)11-20-23-9-7-2/h1,7,11,14,16-17H,2,8-10H2,3-5H3/b20-11+. The van der Waals surface area contributed by atoms with Crippen molar-refractivity contribution in [3.05, 3.63) is 23.8 Å². The molecule has 1 saturated carbocycles. The van der Waals surface area contributed by atoms with Crippen LogP contribution in [-0.2, 0) is 19.2 Å². The summed E-state index contributed by atoms with van der Waals surface area (Å²) >= 11 is 0. The van der Waals surface area contributed by atoms with Gasteiger partial charge in [-0.25, -0.2) is 0 Å². The van der Waals surface area contributed by atoms with E-state index in [1.165, 1.54) is 0 Å². The Labute approximate surface area is 142 Å². The largest absolute Gasteiger partial charge is 0.457 e. The highest BCUT2D eigenvalue weighted by Crippen LogP contribution is 2.58. The monoisotopic (exact) mass is 329 g/mol. The normalized spacial score (nSPS) is 27.9. The molecule has 0 spiro atoms. The molecule has 0 aromatic carbocycles. The van der Waals surface area contributed by atoms with E-state index in [-0.39, 0.29) is 41.8 Å². The first-order valence-corrected chi connectivity index (χ1v) is 7.97. The number of carbonyl (C=O) groups is 2. The van der Waals surface area contributed by atoms with Crippen molar-refractivity contribution in [2.75, 3.05) is 6.61 Å². The lowest BCUT2D eigenvalue weighted by Gasteiger charge is -2.13. The summed E-state index contributed by atoms with van der Waals surface area (Å²) in [6, 6.07) is 0. The van der Waals surface area contributed by atoms with Gasteiger partial charge in [-0.05, 0) is 17.9 Å². The lowest BCUT2D eigenvalue weighted by molar-refractivity contribution is -0.150. The second kappa shape index (κ2) is 7.04. The maximum atomic E-state index is 12.5. The molecular formula is C19H23NO4. The number of Topliss-reactive ketones (excluding diaryl/α,β-unsaturated/α-hetero) is 1. The van der Waals surface area contributed by atoms with Gasteiger partial charge in [-0.1, -0.05) is 31.7 Å². The van der Waals surface area contributed by atoms with Crippen LogP contribution in [-0.4, -0.2) is 30.7 Å². The van der Waals surface area contributed by atoms with Crippen LogP contribution in [0, 0.1) is 29.6 Å². The predicted octanol–water partition coefficient (Wildman–Crippen LogP) is 2.67. The van der Waals surface area contributed by atoms with Crippen LogP contribution in [0.15, 0.2) is 29.0 Å². The number of rotatable bonds is 7. The minimum Gasteiger partial charge on any atom is -0.457 e. The van der Waals surface area contributed by atoms with Crippen molar-refractivity contribution in [3.63, 3.8) is 0 Å². The van der Waals surface area contributed by atoms with Crippen LogP contribution in [0.25, 0.3) is 0 Å². The van der Waals surface area contributed by atoms with Crippen molar-refractivity contribution >= 4 is 18.0 Å². The lowest BCUT2D eigenvalue weighted by atomic mass is 10.1. The van der Waals surface area contributed by atoms with Gasteiger partial charge < -0.3 is 9.57 Å². The fraction of sp³-hybridized carbons (Fsp3) is 0.526. The van der Waals surface area contributed by atoms with Gasteiger partial charge in [-0.2, -0.15) is 0 Å². The minimum atomic E-state index is -0.501. The Hall–Kier alpha value is -2.35. The summed E-state index contributed by atoms with van der Waals surface area (Å²) < 4.78 is 5.58. The van der Waals surface area contributed by atoms with Crippen LogP contribution in [0.5, 0.6) is 0 Å². The van der Waals surface area contributed by atoms with Gasteiger partial charge >= 0.3 is 5.97 Å². The molecule has 5 heteroatoms. The van der Waals surface area contributed by atoms with Crippen LogP contribution in [0.4, 0.5) is 0 Å². The highest BCUT2D eigenvalue weighted by Gasteiger charge is 2.62. The van der Waals surface area contributed by atoms with E-state index in [0.717, 1.165) is 5.57 Å². The van der Waals surface area contributed by atoms with Crippen LogP contribution in [0.3, 0.4) is 0 Å². The maximum absolute atomic E-state index is 12.5. The number of terminal acetylenes is 1. The second-order valence-corrected chi connectivity index (χ2v) is 6.76. The number of carbonyl (C=O) groups excluding carboxylic acids is 2. The third-order valence-electron chi connectivity index (χ3n) is 4.86. The van der Waals surface area contributed by atoms with Crippen molar-refractivity contribution in [2.45, 2.75) is 39.7 Å². The Morgan fingerprint density at radius 2 is 2.25 bits per heavy atom. The molecular weight excluding hydrogens is 306 g/mol. The molecule has 128 valence electrons. The molecule has 0 amide bonds. The van der Waals surface area contributed by atoms with E-state index in [1.54, 1.807) is 19.2 Å². The summed E-state index contributed by atoms with van der Waals surface area (Å²) in [6.07, 6.45) is 8.49. The van der Waals surface area contributed by atoms with Crippen molar-refractivity contribution in [2.24, 2.45) is 22.4 Å². The van der Waals surface area contributed by atoms with E-state index in [1.807, 2.05) is 13.8 Å². The molecule has 5 nitrogen and oxygen atoms in total. The molecule has 0 aromatic rings. The van der Waals surface area contributed by atoms with E-state index < -0.39 is 6.10 Å². The van der Waals surface area contributed by atoms with Crippen molar-refractivity contribution in [1.82, 2.24) is 0 Å². The van der Waals surface area contributed by atoms with Gasteiger partial charge in [0.1, 0.15) is 12.7 Å². The van der Waals surface area contributed by atoms with E-state index in [9.17, 15) is 9.59 Å². The van der Waals surface area contributed by atoms with E-state index >= 15 is 0 Å². The van der Waals surface area contributed by atoms with E-state index in [2.05, 4.69) is 17.7 Å². The molecule has 0 bridgehead atoms. The molecule has 3 atom stereocenters. The third-order valence-corrected chi connectivity index (χ3v) is 4.86. The molecule has 0 radical (unpaired) electrons. The first kappa shape index (κ1) is 18.0. The fourth-order valence-corrected chi connectivity index (χ4v) is 3.15. The first-order chi connectivity index (χ1) is 11.3. The fourth-order valence-electron chi connectivity index (χ4n) is 3.15. The van der Waals surface area contributed by atoms with Gasteiger partial charge in [-0.15, -0.1) is 12.3 Å². The van der Waals surface area contributed by atoms with Gasteiger partial charge in [-0.3, -0.25) is 9.59 Å². The molecule has 0 aliphatic heterocycles. The molecule has 1 fully saturated rings. The Balaban J connectivity index is 1.98. The smallest absolute Gasteiger partial charge is 0.310 e. The zero-order chi connectivity index (χ0) is 17.9. The molecule has 3 unspecified atom stereocenters. The average Bonchev–Trinajstić information content (AvgIpc) is 2.98. The molecule has 0 heterocycles. The Morgan fingerprint density at radius 1 is 1.54 bits per heavy atom. The molecule has 0 saturated heterocycles. The highest BCUT2D eigenvalue weighted by molar-refractivity contribution is 6.00. The number of nitrogens with zero attached hydrogens (tertiary/aromatic N) is 1. The summed E-state index contributed by atoms with van der Waals surface area (Å²) in [5, 5.41) is 3.86. The van der Waals surface area contributed by atoms with E-state index in [0.29, 0.717) is 12.2 Å². The van der Waals surface area contributed by atoms with Crippen molar-refractivity contribution < 1.29 is 19.2 Å². The van der Waals surface area contributed by atoms with Gasteiger partial charge in [0.25, 0.3) is 0 Å². The summed E-state index contributed by atoms with van der Waals surface area (Å²) in [7, 11) is 0. The zero-order valence-corrected chi connectivity index (χ0v) is 14.4. The summed E-state index contributed by atoms with van der Waals surface area (Å²) in [6.45, 7) is 9.63. The van der Waals surface area contributed by atoms with E-state index in [4.69, 9.17) is 16.0 Å². The number of oxime groups is 1. The van der Waals surface area contributed by atoms with Gasteiger partial charge in [0.2, 0.25) is 0 Å². The quantitative estimate of drug-likeness (QED) is 0.180. The molecule has 2 rings (SSSR count). The molecule has 0 aromatic heterocycles. The lowest BCUT2D eigenvalue weighted by Crippen LogP contribution is -2.20. The third kappa shape index (κ3) is 3.43. The number of hydrogen-bond acceptors (Lipinski definition) is 5. The second-order valence-electron chi connectivity index (χ2n) is 6.76. The average molecular weight is 329 g/mol. The number of ketones is 1. The van der Waals surface area contributed by atoms with Gasteiger partial charge in [0.15, 0.2) is 5.78 Å². The van der Waals surface area contributed by atoms with Crippen molar-refractivity contribution in [3.8, 4) is 12.3 Å². The molecule has 0 N–H and O–H groups in total. The van der Waals surface area contributed by atoms with Crippen LogP contribution in [0.1, 0.15) is 33.6 Å². The van der Waals surface area contributed by atoms with Gasteiger partial charge in [0, 0.05) is 24.1 Å². The van der Waals surface area contributed by atoms with Gasteiger partial charge in [0.05, 0.1) is 12.3 Å². The van der Waals surface area contributed by atoms with Crippen molar-refractivity contribution in [1.29, 1.82) is 0 Å². The number of ether oxygens (including phenoxy) is 1. The molecule has 2 aliphatic carbocycles. The number of esters is 1. The Bertz CT molecular complexity index is 651. The molecule has 2 aliphatic rings. The number of allylic oxidation sites excluding steroid dienone is 1. The minimum absolute atomic E-state index is 0.0331. The predicted molar refractivity (Wildman–Crippen MR) is 91.1 cm³/mol. The summed E-state index contributed by atoms with van der Waals surface area (Å²) in [5.41, 5.74) is 1.13. The van der Waals surface area contributed by atoms with Crippen LogP contribution >= 0.6 is 0 Å².